The van der Waals surface area contributed by atoms with Crippen LogP contribution in [-0.4, -0.2) is 26.6 Å². The molecule has 0 radical (unpaired) electrons. The van der Waals surface area contributed by atoms with Crippen LogP contribution in [0, 0.1) is 27.7 Å². The number of hydrogen-bond acceptors (Lipinski definition) is 3. The zero-order chi connectivity index (χ0) is 21.9. The Hall–Kier alpha value is -2.34. The second-order valence-corrected chi connectivity index (χ2v) is 9.70. The normalized spacial score (nSPS) is 13.6. The third kappa shape index (κ3) is 5.38. The van der Waals surface area contributed by atoms with E-state index in [4.69, 9.17) is 0 Å². The van der Waals surface area contributed by atoms with Crippen LogP contribution < -0.4 is 9.62 Å². The van der Waals surface area contributed by atoms with Crippen LogP contribution in [0.25, 0.3) is 0 Å². The molecule has 0 spiro atoms. The summed E-state index contributed by atoms with van der Waals surface area (Å²) in [5.74, 6) is -0.302. The van der Waals surface area contributed by atoms with Crippen LogP contribution in [0.1, 0.15) is 54.1 Å². The molecule has 5 nitrogen and oxygen atoms in total. The second-order valence-electron chi connectivity index (χ2n) is 7.84. The number of carbonyl (C=O) groups excluding carboxylic acids is 1. The zero-order valence-corrected chi connectivity index (χ0v) is 19.2. The third-order valence-corrected chi connectivity index (χ3v) is 6.51. The van der Waals surface area contributed by atoms with E-state index in [-0.39, 0.29) is 11.9 Å². The number of anilines is 1. The largest absolute Gasteiger partial charge is 0.348 e. The summed E-state index contributed by atoms with van der Waals surface area (Å²) in [6.45, 7) is 11.8. The fourth-order valence-electron chi connectivity index (χ4n) is 3.59. The molecule has 0 heterocycles. The lowest BCUT2D eigenvalue weighted by Gasteiger charge is -2.31. The van der Waals surface area contributed by atoms with E-state index >= 15 is 0 Å². The number of carbonyl (C=O) groups is 1. The summed E-state index contributed by atoms with van der Waals surface area (Å²) in [6.07, 6.45) is 1.51. The Kier molecular flexibility index (Phi) is 7.11. The SMILES string of the molecule is CC[C@@H](C(=O)N[C@H](C)c1cc(C)c(C)cc1C)N(c1ccc(C)cc1)S(C)(=O)=O. The van der Waals surface area contributed by atoms with Crippen molar-refractivity contribution in [2.24, 2.45) is 0 Å². The molecule has 0 saturated carbocycles. The van der Waals surface area contributed by atoms with E-state index in [0.29, 0.717) is 12.1 Å². The Bertz CT molecular complexity index is 982. The number of nitrogens with one attached hydrogen (secondary N) is 1. The number of rotatable bonds is 7. The average Bonchev–Trinajstić information content (AvgIpc) is 2.62. The van der Waals surface area contributed by atoms with Crippen LogP contribution in [0.3, 0.4) is 0 Å². The molecule has 2 aromatic carbocycles. The van der Waals surface area contributed by atoms with Gasteiger partial charge in [-0.2, -0.15) is 0 Å². The lowest BCUT2D eigenvalue weighted by molar-refractivity contribution is -0.122. The van der Waals surface area contributed by atoms with Crippen molar-refractivity contribution in [3.05, 3.63) is 64.2 Å². The van der Waals surface area contributed by atoms with E-state index in [1.807, 2.05) is 46.8 Å². The maximum absolute atomic E-state index is 13.1. The lowest BCUT2D eigenvalue weighted by atomic mass is 9.96. The standard InChI is InChI=1S/C23H32N2O3S/c1-8-22(25(29(7,27)28)20-11-9-15(2)10-12-20)23(26)24-19(6)21-14-17(4)16(3)13-18(21)5/h9-14,19,22H,8H2,1-7H3,(H,24,26)/t19-,22+/m1/s1. The summed E-state index contributed by atoms with van der Waals surface area (Å²) < 4.78 is 26.3. The number of hydrogen-bond donors (Lipinski definition) is 1. The van der Waals surface area contributed by atoms with Crippen LogP contribution >= 0.6 is 0 Å². The molecule has 0 unspecified atom stereocenters. The first-order chi connectivity index (χ1) is 13.5. The molecule has 0 aromatic heterocycles. The van der Waals surface area contributed by atoms with Crippen molar-refractivity contribution in [2.75, 3.05) is 10.6 Å². The van der Waals surface area contributed by atoms with Crippen LogP contribution in [0.5, 0.6) is 0 Å². The predicted octanol–water partition coefficient (Wildman–Crippen LogP) is 4.34. The van der Waals surface area contributed by atoms with Gasteiger partial charge in [-0.05, 0) is 75.4 Å². The molecule has 0 bridgehead atoms. The molecule has 158 valence electrons. The Labute approximate surface area is 175 Å². The molecule has 1 N–H and O–H groups in total. The Morgan fingerprint density at radius 2 is 1.55 bits per heavy atom. The topological polar surface area (TPSA) is 66.5 Å². The minimum absolute atomic E-state index is 0.227. The Morgan fingerprint density at radius 1 is 1.00 bits per heavy atom. The molecule has 29 heavy (non-hydrogen) atoms. The minimum atomic E-state index is -3.64. The summed E-state index contributed by atoms with van der Waals surface area (Å²) in [5, 5.41) is 3.02. The van der Waals surface area contributed by atoms with E-state index < -0.39 is 16.1 Å². The van der Waals surface area contributed by atoms with Gasteiger partial charge in [0.2, 0.25) is 15.9 Å². The van der Waals surface area contributed by atoms with Gasteiger partial charge in [0.25, 0.3) is 0 Å². The van der Waals surface area contributed by atoms with Gasteiger partial charge in [0.05, 0.1) is 18.0 Å². The van der Waals surface area contributed by atoms with Gasteiger partial charge >= 0.3 is 0 Å². The van der Waals surface area contributed by atoms with E-state index in [2.05, 4.69) is 24.4 Å². The molecule has 1 amide bonds. The van der Waals surface area contributed by atoms with Crippen molar-refractivity contribution in [1.82, 2.24) is 5.32 Å². The number of nitrogens with zero attached hydrogens (tertiary/aromatic N) is 1. The number of amides is 1. The minimum Gasteiger partial charge on any atom is -0.348 e. The summed E-state index contributed by atoms with van der Waals surface area (Å²) >= 11 is 0. The quantitative estimate of drug-likeness (QED) is 0.730. The van der Waals surface area contributed by atoms with Gasteiger partial charge in [-0.15, -0.1) is 0 Å². The van der Waals surface area contributed by atoms with Crippen LogP contribution in [0.4, 0.5) is 5.69 Å². The highest BCUT2D eigenvalue weighted by molar-refractivity contribution is 7.92. The highest BCUT2D eigenvalue weighted by atomic mass is 32.2. The maximum atomic E-state index is 13.1. The van der Waals surface area contributed by atoms with E-state index in [1.54, 1.807) is 12.1 Å². The van der Waals surface area contributed by atoms with Crippen molar-refractivity contribution in [2.45, 2.75) is 60.0 Å². The van der Waals surface area contributed by atoms with Gasteiger partial charge in [0.1, 0.15) is 6.04 Å². The first-order valence-electron chi connectivity index (χ1n) is 9.89. The molecule has 2 atom stereocenters. The van der Waals surface area contributed by atoms with Crippen molar-refractivity contribution in [1.29, 1.82) is 0 Å². The molecule has 2 aromatic rings. The smallest absolute Gasteiger partial charge is 0.244 e. The summed E-state index contributed by atoms with van der Waals surface area (Å²) in [7, 11) is -3.64. The fourth-order valence-corrected chi connectivity index (χ4v) is 4.80. The van der Waals surface area contributed by atoms with E-state index in [1.165, 1.54) is 9.87 Å². The van der Waals surface area contributed by atoms with Crippen LogP contribution in [0.15, 0.2) is 36.4 Å². The molecular weight excluding hydrogens is 384 g/mol. The van der Waals surface area contributed by atoms with Crippen molar-refractivity contribution >= 4 is 21.6 Å². The molecule has 0 saturated heterocycles. The second kappa shape index (κ2) is 8.99. The molecule has 0 aliphatic carbocycles. The van der Waals surface area contributed by atoms with Gasteiger partial charge < -0.3 is 5.32 Å². The van der Waals surface area contributed by atoms with Crippen LogP contribution in [-0.2, 0) is 14.8 Å². The summed E-state index contributed by atoms with van der Waals surface area (Å²) in [5.41, 5.74) is 6.04. The Morgan fingerprint density at radius 3 is 2.07 bits per heavy atom. The summed E-state index contributed by atoms with van der Waals surface area (Å²) in [4.78, 5) is 13.1. The lowest BCUT2D eigenvalue weighted by Crippen LogP contribution is -2.49. The monoisotopic (exact) mass is 416 g/mol. The molecule has 0 aliphatic heterocycles. The number of benzene rings is 2. The first-order valence-corrected chi connectivity index (χ1v) is 11.7. The van der Waals surface area contributed by atoms with Gasteiger partial charge in [0, 0.05) is 0 Å². The third-order valence-electron chi connectivity index (χ3n) is 5.33. The maximum Gasteiger partial charge on any atom is 0.244 e. The molecule has 2 rings (SSSR count). The molecule has 6 heteroatoms. The van der Waals surface area contributed by atoms with E-state index in [0.717, 1.165) is 28.5 Å². The van der Waals surface area contributed by atoms with Crippen LogP contribution in [0.2, 0.25) is 0 Å². The fraction of sp³-hybridized carbons (Fsp3) is 0.435. The highest BCUT2D eigenvalue weighted by Crippen LogP contribution is 2.25. The van der Waals surface area contributed by atoms with Crippen molar-refractivity contribution in [3.63, 3.8) is 0 Å². The van der Waals surface area contributed by atoms with Gasteiger partial charge in [-0.25, -0.2) is 8.42 Å². The van der Waals surface area contributed by atoms with Gasteiger partial charge in [-0.1, -0.05) is 36.8 Å². The molecule has 0 aliphatic rings. The number of sulfonamides is 1. The molecule has 0 fully saturated rings. The Balaban J connectivity index is 2.34. The number of aryl methyl sites for hydroxylation is 4. The van der Waals surface area contributed by atoms with Gasteiger partial charge in [0.15, 0.2) is 0 Å². The molecular formula is C23H32N2O3S. The van der Waals surface area contributed by atoms with Crippen molar-refractivity contribution in [3.8, 4) is 0 Å². The highest BCUT2D eigenvalue weighted by Gasteiger charge is 2.32. The van der Waals surface area contributed by atoms with Crippen molar-refractivity contribution < 1.29 is 13.2 Å². The predicted molar refractivity (Wildman–Crippen MR) is 120 cm³/mol. The average molecular weight is 417 g/mol. The zero-order valence-electron chi connectivity index (χ0n) is 18.4. The summed E-state index contributed by atoms with van der Waals surface area (Å²) in [6, 6.07) is 10.3. The van der Waals surface area contributed by atoms with Gasteiger partial charge in [-0.3, -0.25) is 9.10 Å². The van der Waals surface area contributed by atoms with E-state index in [9.17, 15) is 13.2 Å². The first kappa shape index (κ1) is 22.9.